The van der Waals surface area contributed by atoms with Crippen molar-refractivity contribution in [3.05, 3.63) is 51.6 Å². The Kier molecular flexibility index (Phi) is 6.47. The minimum atomic E-state index is -3.62. The third-order valence-electron chi connectivity index (χ3n) is 3.66. The molecule has 2 rings (SSSR count). The molecule has 0 aliphatic heterocycles. The number of rotatable bonds is 7. The predicted octanol–water partition coefficient (Wildman–Crippen LogP) is 3.74. The number of halogens is 1. The van der Waals surface area contributed by atoms with Crippen LogP contribution in [0.3, 0.4) is 0 Å². The number of hydrogen-bond acceptors (Lipinski definition) is 4. The van der Waals surface area contributed by atoms with Crippen LogP contribution in [-0.2, 0) is 10.0 Å². The highest BCUT2D eigenvalue weighted by Crippen LogP contribution is 2.26. The fourth-order valence-corrected chi connectivity index (χ4v) is 4.57. The Morgan fingerprint density at radius 1 is 1.08 bits per heavy atom. The molecular weight excluding hydrogens is 441 g/mol. The molecule has 0 saturated carbocycles. The molecule has 0 fully saturated rings. The van der Waals surface area contributed by atoms with Gasteiger partial charge in [0.1, 0.15) is 11.5 Å². The van der Waals surface area contributed by atoms with Crippen LogP contribution in [0.4, 0.5) is 0 Å². The maximum Gasteiger partial charge on any atom is 0.241 e. The second-order valence-electron chi connectivity index (χ2n) is 5.15. The Bertz CT molecular complexity index is 791. The summed E-state index contributed by atoms with van der Waals surface area (Å²) in [6.07, 6.45) is 0.638. The summed E-state index contributed by atoms with van der Waals surface area (Å²) in [5, 5.41) is 0. The van der Waals surface area contributed by atoms with Crippen molar-refractivity contribution in [3.63, 3.8) is 0 Å². The van der Waals surface area contributed by atoms with Crippen molar-refractivity contribution >= 4 is 32.6 Å². The molecule has 0 spiro atoms. The van der Waals surface area contributed by atoms with Gasteiger partial charge >= 0.3 is 0 Å². The minimum absolute atomic E-state index is 0.222. The zero-order chi connectivity index (χ0) is 17.7. The molecule has 0 amide bonds. The van der Waals surface area contributed by atoms with Crippen LogP contribution in [0.2, 0.25) is 0 Å². The largest absolute Gasteiger partial charge is 0.497 e. The van der Waals surface area contributed by atoms with Crippen molar-refractivity contribution in [1.82, 2.24) is 4.72 Å². The molecule has 2 aromatic rings. The van der Waals surface area contributed by atoms with E-state index in [0.29, 0.717) is 12.2 Å². The number of nitrogens with one attached hydrogen (secondary N) is 1. The molecular formula is C17H20INO4S. The highest BCUT2D eigenvalue weighted by atomic mass is 127. The van der Waals surface area contributed by atoms with Gasteiger partial charge in [-0.05, 0) is 64.9 Å². The van der Waals surface area contributed by atoms with Crippen molar-refractivity contribution in [2.45, 2.75) is 24.3 Å². The normalized spacial score (nSPS) is 12.7. The zero-order valence-corrected chi connectivity index (χ0v) is 16.7. The number of benzene rings is 2. The van der Waals surface area contributed by atoms with E-state index in [1.807, 2.05) is 31.2 Å². The van der Waals surface area contributed by atoms with Crippen LogP contribution in [0.25, 0.3) is 0 Å². The molecule has 130 valence electrons. The highest BCUT2D eigenvalue weighted by molar-refractivity contribution is 14.1. The van der Waals surface area contributed by atoms with Gasteiger partial charge in [0.05, 0.1) is 22.7 Å². The molecule has 2 aromatic carbocycles. The number of sulfonamides is 1. The first-order valence-electron chi connectivity index (χ1n) is 7.41. The standard InChI is InChI=1S/C17H20INO4S/c1-4-16(12-5-7-13(22-2)8-6-12)19-24(20,21)14-9-10-17(23-3)15(18)11-14/h5-11,16,19H,4H2,1-3H3/t16-/m0/s1. The molecule has 0 radical (unpaired) electrons. The Morgan fingerprint density at radius 3 is 2.25 bits per heavy atom. The van der Waals surface area contributed by atoms with Crippen molar-refractivity contribution in [2.24, 2.45) is 0 Å². The second kappa shape index (κ2) is 8.17. The maximum atomic E-state index is 12.7. The van der Waals surface area contributed by atoms with Crippen LogP contribution in [-0.4, -0.2) is 22.6 Å². The molecule has 0 aliphatic rings. The van der Waals surface area contributed by atoms with Gasteiger partial charge in [-0.2, -0.15) is 0 Å². The molecule has 0 saturated heterocycles. The Labute approximate surface area is 156 Å². The van der Waals surface area contributed by atoms with Crippen molar-refractivity contribution in [1.29, 1.82) is 0 Å². The second-order valence-corrected chi connectivity index (χ2v) is 8.03. The Morgan fingerprint density at radius 2 is 1.75 bits per heavy atom. The summed E-state index contributed by atoms with van der Waals surface area (Å²) in [6, 6.07) is 11.9. The Hall–Kier alpha value is -1.32. The van der Waals surface area contributed by atoms with E-state index in [1.54, 1.807) is 32.4 Å². The van der Waals surface area contributed by atoms with Crippen molar-refractivity contribution < 1.29 is 17.9 Å². The van der Waals surface area contributed by atoms with Gasteiger partial charge in [-0.3, -0.25) is 0 Å². The smallest absolute Gasteiger partial charge is 0.241 e. The highest BCUT2D eigenvalue weighted by Gasteiger charge is 2.21. The first-order valence-corrected chi connectivity index (χ1v) is 9.97. The molecule has 0 bridgehead atoms. The van der Waals surface area contributed by atoms with Gasteiger partial charge in [0, 0.05) is 6.04 Å². The molecule has 0 unspecified atom stereocenters. The summed E-state index contributed by atoms with van der Waals surface area (Å²) >= 11 is 2.06. The molecule has 0 aromatic heterocycles. The topological polar surface area (TPSA) is 64.6 Å². The summed E-state index contributed by atoms with van der Waals surface area (Å²) in [4.78, 5) is 0.222. The summed E-state index contributed by atoms with van der Waals surface area (Å²) in [5.74, 6) is 1.39. The Balaban J connectivity index is 2.26. The van der Waals surface area contributed by atoms with E-state index >= 15 is 0 Å². The predicted molar refractivity (Wildman–Crippen MR) is 102 cm³/mol. The van der Waals surface area contributed by atoms with E-state index < -0.39 is 10.0 Å². The van der Waals surface area contributed by atoms with Crippen LogP contribution in [0.1, 0.15) is 24.9 Å². The molecule has 0 aliphatic carbocycles. The fourth-order valence-electron chi connectivity index (χ4n) is 2.29. The average molecular weight is 461 g/mol. The molecule has 0 heterocycles. The summed E-state index contributed by atoms with van der Waals surface area (Å²) < 4.78 is 39.2. The van der Waals surface area contributed by atoms with E-state index in [-0.39, 0.29) is 10.9 Å². The van der Waals surface area contributed by atoms with Crippen LogP contribution in [0, 0.1) is 3.57 Å². The molecule has 1 atom stereocenters. The van der Waals surface area contributed by atoms with Crippen LogP contribution in [0.15, 0.2) is 47.4 Å². The van der Waals surface area contributed by atoms with Gasteiger partial charge < -0.3 is 9.47 Å². The summed E-state index contributed by atoms with van der Waals surface area (Å²) in [6.45, 7) is 1.94. The lowest BCUT2D eigenvalue weighted by Crippen LogP contribution is -2.28. The molecule has 1 N–H and O–H groups in total. The first kappa shape index (κ1) is 19.0. The van der Waals surface area contributed by atoms with Crippen LogP contribution >= 0.6 is 22.6 Å². The molecule has 24 heavy (non-hydrogen) atoms. The van der Waals surface area contributed by atoms with Crippen LogP contribution in [0.5, 0.6) is 11.5 Å². The lowest BCUT2D eigenvalue weighted by Gasteiger charge is -2.18. The summed E-state index contributed by atoms with van der Waals surface area (Å²) in [5.41, 5.74) is 0.894. The van der Waals surface area contributed by atoms with Gasteiger partial charge in [0.25, 0.3) is 0 Å². The van der Waals surface area contributed by atoms with Crippen molar-refractivity contribution in [3.8, 4) is 11.5 Å². The van der Waals surface area contributed by atoms with E-state index in [1.165, 1.54) is 0 Å². The lowest BCUT2D eigenvalue weighted by molar-refractivity contribution is 0.411. The zero-order valence-electron chi connectivity index (χ0n) is 13.7. The number of hydrogen-bond donors (Lipinski definition) is 1. The van der Waals surface area contributed by atoms with E-state index in [4.69, 9.17) is 9.47 Å². The van der Waals surface area contributed by atoms with Gasteiger partial charge in [0.15, 0.2) is 0 Å². The quantitative estimate of drug-likeness (QED) is 0.639. The van der Waals surface area contributed by atoms with E-state index in [9.17, 15) is 8.42 Å². The third kappa shape index (κ3) is 4.40. The maximum absolute atomic E-state index is 12.7. The minimum Gasteiger partial charge on any atom is -0.497 e. The van der Waals surface area contributed by atoms with Crippen LogP contribution < -0.4 is 14.2 Å². The molecule has 7 heteroatoms. The molecule has 5 nitrogen and oxygen atoms in total. The monoisotopic (exact) mass is 461 g/mol. The van der Waals surface area contributed by atoms with Crippen molar-refractivity contribution in [2.75, 3.05) is 14.2 Å². The number of ether oxygens (including phenoxy) is 2. The van der Waals surface area contributed by atoms with E-state index in [2.05, 4.69) is 27.3 Å². The van der Waals surface area contributed by atoms with Gasteiger partial charge in [-0.25, -0.2) is 13.1 Å². The number of methoxy groups -OCH3 is 2. The fraction of sp³-hybridized carbons (Fsp3) is 0.294. The SMILES string of the molecule is CC[C@H](NS(=O)(=O)c1ccc(OC)c(I)c1)c1ccc(OC)cc1. The van der Waals surface area contributed by atoms with Gasteiger partial charge in [-0.15, -0.1) is 0 Å². The van der Waals surface area contributed by atoms with E-state index in [0.717, 1.165) is 14.9 Å². The summed E-state index contributed by atoms with van der Waals surface area (Å²) in [7, 11) is -0.471. The first-order chi connectivity index (χ1) is 11.4. The van der Waals surface area contributed by atoms with Gasteiger partial charge in [0.2, 0.25) is 10.0 Å². The van der Waals surface area contributed by atoms with Gasteiger partial charge in [-0.1, -0.05) is 19.1 Å². The third-order valence-corrected chi connectivity index (χ3v) is 5.97. The lowest BCUT2D eigenvalue weighted by atomic mass is 10.1. The average Bonchev–Trinajstić information content (AvgIpc) is 2.59.